The molecule has 0 unspecified atom stereocenters. The van der Waals surface area contributed by atoms with Crippen molar-refractivity contribution in [2.75, 3.05) is 6.61 Å². The maximum absolute atomic E-state index is 6.27. The average molecular weight is 286 g/mol. The molecular weight excluding hydrogens is 270 g/mol. The van der Waals surface area contributed by atoms with Gasteiger partial charge in [-0.2, -0.15) is 0 Å². The number of halogens is 1. The van der Waals surface area contributed by atoms with E-state index < -0.39 is 0 Å². The van der Waals surface area contributed by atoms with E-state index in [1.54, 1.807) is 6.20 Å². The Kier molecular flexibility index (Phi) is 3.76. The van der Waals surface area contributed by atoms with Crippen molar-refractivity contribution in [3.05, 3.63) is 17.0 Å². The molecule has 88 valence electrons. The molecule has 4 nitrogen and oxygen atoms in total. The summed E-state index contributed by atoms with van der Waals surface area (Å²) in [6.07, 6.45) is 8.91. The Bertz CT molecular complexity index is 353. The predicted octanol–water partition coefficient (Wildman–Crippen LogP) is 2.28. The highest BCUT2D eigenvalue weighted by molar-refractivity contribution is 9.10. The number of nitrogens with two attached hydrogens (primary N) is 1. The summed E-state index contributed by atoms with van der Waals surface area (Å²) < 4.78 is 6.43. The third-order valence-corrected chi connectivity index (χ3v) is 3.52. The van der Waals surface area contributed by atoms with Gasteiger partial charge >= 0.3 is 0 Å². The minimum Gasteiger partial charge on any atom is -0.475 e. The molecule has 1 aromatic heterocycles. The van der Waals surface area contributed by atoms with Crippen LogP contribution in [-0.2, 0) is 0 Å². The largest absolute Gasteiger partial charge is 0.475 e. The van der Waals surface area contributed by atoms with Crippen molar-refractivity contribution < 1.29 is 4.74 Å². The number of aromatic nitrogens is 2. The van der Waals surface area contributed by atoms with Crippen molar-refractivity contribution in [1.82, 2.24) is 9.97 Å². The lowest BCUT2D eigenvalue weighted by molar-refractivity contribution is 0.168. The molecule has 0 amide bonds. The number of hydrogen-bond donors (Lipinski definition) is 1. The van der Waals surface area contributed by atoms with Gasteiger partial charge in [-0.15, -0.1) is 0 Å². The van der Waals surface area contributed by atoms with Crippen LogP contribution in [0.2, 0.25) is 0 Å². The van der Waals surface area contributed by atoms with Crippen LogP contribution in [0.3, 0.4) is 0 Å². The molecule has 0 aromatic carbocycles. The Morgan fingerprint density at radius 2 is 2.12 bits per heavy atom. The second-order valence-electron chi connectivity index (χ2n) is 4.39. The normalized spacial score (nSPS) is 19.4. The summed E-state index contributed by atoms with van der Waals surface area (Å²) in [6, 6.07) is 0. The summed E-state index contributed by atoms with van der Waals surface area (Å²) in [6.45, 7) is 0.530. The van der Waals surface area contributed by atoms with Crippen LogP contribution in [0, 0.1) is 0 Å². The van der Waals surface area contributed by atoms with Gasteiger partial charge in [0, 0.05) is 6.20 Å². The van der Waals surface area contributed by atoms with Crippen LogP contribution in [0.15, 0.2) is 17.0 Å². The van der Waals surface area contributed by atoms with Gasteiger partial charge in [0.05, 0.1) is 10.0 Å². The van der Waals surface area contributed by atoms with Crippen molar-refractivity contribution in [3.8, 4) is 5.88 Å². The standard InChI is InChI=1S/C11H16BrN3O/c12-9-6-14-8-15-10(9)16-7-11(13)4-2-1-3-5-11/h6,8H,1-5,7,13H2. The van der Waals surface area contributed by atoms with Gasteiger partial charge in [-0.25, -0.2) is 9.97 Å². The summed E-state index contributed by atoms with van der Waals surface area (Å²) in [7, 11) is 0. The van der Waals surface area contributed by atoms with Gasteiger partial charge in [-0.05, 0) is 28.8 Å². The van der Waals surface area contributed by atoms with Crippen molar-refractivity contribution in [1.29, 1.82) is 0 Å². The van der Waals surface area contributed by atoms with Crippen molar-refractivity contribution in [2.45, 2.75) is 37.6 Å². The van der Waals surface area contributed by atoms with E-state index in [1.807, 2.05) is 0 Å². The highest BCUT2D eigenvalue weighted by atomic mass is 79.9. The Morgan fingerprint density at radius 1 is 1.38 bits per heavy atom. The number of hydrogen-bond acceptors (Lipinski definition) is 4. The Morgan fingerprint density at radius 3 is 2.81 bits per heavy atom. The summed E-state index contributed by atoms with van der Waals surface area (Å²) in [4.78, 5) is 7.95. The van der Waals surface area contributed by atoms with Gasteiger partial charge in [-0.3, -0.25) is 0 Å². The van der Waals surface area contributed by atoms with E-state index in [4.69, 9.17) is 10.5 Å². The molecule has 2 rings (SSSR count). The lowest BCUT2D eigenvalue weighted by Crippen LogP contribution is -2.47. The molecule has 1 aliphatic rings. The van der Waals surface area contributed by atoms with Gasteiger partial charge < -0.3 is 10.5 Å². The molecule has 1 saturated carbocycles. The van der Waals surface area contributed by atoms with E-state index in [0.29, 0.717) is 12.5 Å². The summed E-state index contributed by atoms with van der Waals surface area (Å²) in [5.41, 5.74) is 6.10. The summed E-state index contributed by atoms with van der Waals surface area (Å²) in [5.74, 6) is 0.574. The van der Waals surface area contributed by atoms with Crippen molar-refractivity contribution in [2.24, 2.45) is 5.73 Å². The van der Waals surface area contributed by atoms with Crippen LogP contribution >= 0.6 is 15.9 Å². The molecule has 1 fully saturated rings. The van der Waals surface area contributed by atoms with Gasteiger partial charge in [0.25, 0.3) is 0 Å². The minimum atomic E-state index is -0.178. The molecule has 0 radical (unpaired) electrons. The zero-order chi connectivity index (χ0) is 11.4. The fourth-order valence-electron chi connectivity index (χ4n) is 2.02. The van der Waals surface area contributed by atoms with E-state index in [2.05, 4.69) is 25.9 Å². The molecule has 16 heavy (non-hydrogen) atoms. The third-order valence-electron chi connectivity index (χ3n) is 2.98. The Hall–Kier alpha value is -0.680. The summed E-state index contributed by atoms with van der Waals surface area (Å²) in [5, 5.41) is 0. The van der Waals surface area contributed by atoms with Crippen LogP contribution in [0.25, 0.3) is 0 Å². The second-order valence-corrected chi connectivity index (χ2v) is 5.24. The number of rotatable bonds is 3. The highest BCUT2D eigenvalue weighted by Crippen LogP contribution is 2.27. The molecule has 0 saturated heterocycles. The smallest absolute Gasteiger partial charge is 0.231 e. The minimum absolute atomic E-state index is 0.178. The van der Waals surface area contributed by atoms with Gasteiger partial charge in [-0.1, -0.05) is 19.3 Å². The first-order valence-corrected chi connectivity index (χ1v) is 6.36. The molecular formula is C11H16BrN3O. The lowest BCUT2D eigenvalue weighted by Gasteiger charge is -2.32. The first-order valence-electron chi connectivity index (χ1n) is 5.57. The second kappa shape index (κ2) is 5.10. The molecule has 1 aromatic rings. The van der Waals surface area contributed by atoms with Crippen molar-refractivity contribution >= 4 is 15.9 Å². The maximum Gasteiger partial charge on any atom is 0.231 e. The highest BCUT2D eigenvalue weighted by Gasteiger charge is 2.28. The quantitative estimate of drug-likeness (QED) is 0.926. The maximum atomic E-state index is 6.27. The molecule has 0 atom stereocenters. The Balaban J connectivity index is 1.94. The van der Waals surface area contributed by atoms with Crippen LogP contribution in [0.1, 0.15) is 32.1 Å². The third kappa shape index (κ3) is 2.92. The average Bonchev–Trinajstić information content (AvgIpc) is 2.29. The van der Waals surface area contributed by atoms with E-state index in [1.165, 1.54) is 25.6 Å². The van der Waals surface area contributed by atoms with Crippen LogP contribution in [-0.4, -0.2) is 22.1 Å². The Labute approximate surface area is 104 Å². The van der Waals surface area contributed by atoms with E-state index >= 15 is 0 Å². The predicted molar refractivity (Wildman–Crippen MR) is 65.2 cm³/mol. The molecule has 0 aliphatic heterocycles. The number of nitrogens with zero attached hydrogens (tertiary/aromatic N) is 2. The molecule has 5 heteroatoms. The van der Waals surface area contributed by atoms with E-state index in [0.717, 1.165) is 17.3 Å². The summed E-state index contributed by atoms with van der Waals surface area (Å²) >= 11 is 3.35. The molecule has 1 heterocycles. The van der Waals surface area contributed by atoms with E-state index in [-0.39, 0.29) is 5.54 Å². The molecule has 1 aliphatic carbocycles. The zero-order valence-electron chi connectivity index (χ0n) is 9.16. The number of ether oxygens (including phenoxy) is 1. The fraction of sp³-hybridized carbons (Fsp3) is 0.636. The molecule has 2 N–H and O–H groups in total. The molecule has 0 spiro atoms. The van der Waals surface area contributed by atoms with Crippen LogP contribution in [0.4, 0.5) is 0 Å². The molecule has 0 bridgehead atoms. The van der Waals surface area contributed by atoms with Gasteiger partial charge in [0.15, 0.2) is 0 Å². The van der Waals surface area contributed by atoms with Crippen LogP contribution in [0.5, 0.6) is 5.88 Å². The topological polar surface area (TPSA) is 61.0 Å². The van der Waals surface area contributed by atoms with Crippen molar-refractivity contribution in [3.63, 3.8) is 0 Å². The monoisotopic (exact) mass is 285 g/mol. The first-order chi connectivity index (χ1) is 7.70. The first kappa shape index (κ1) is 11.8. The fourth-order valence-corrected chi connectivity index (χ4v) is 2.36. The SMILES string of the molecule is NC1(COc2ncncc2Br)CCCCC1. The lowest BCUT2D eigenvalue weighted by atomic mass is 9.83. The van der Waals surface area contributed by atoms with Crippen LogP contribution < -0.4 is 10.5 Å². The van der Waals surface area contributed by atoms with Gasteiger partial charge in [0.2, 0.25) is 5.88 Å². The van der Waals surface area contributed by atoms with E-state index in [9.17, 15) is 0 Å². The van der Waals surface area contributed by atoms with Gasteiger partial charge in [0.1, 0.15) is 12.9 Å². The zero-order valence-corrected chi connectivity index (χ0v) is 10.7.